The Balaban J connectivity index is 2.07. The third-order valence-electron chi connectivity index (χ3n) is 6.12. The van der Waals surface area contributed by atoms with Crippen LogP contribution in [-0.4, -0.2) is 11.5 Å². The zero-order chi connectivity index (χ0) is 22.4. The third kappa shape index (κ3) is 4.40. The van der Waals surface area contributed by atoms with Gasteiger partial charge in [-0.2, -0.15) is 0 Å². The fourth-order valence-corrected chi connectivity index (χ4v) is 4.45. The molecule has 0 bridgehead atoms. The van der Waals surface area contributed by atoms with Crippen LogP contribution in [-0.2, 0) is 4.79 Å². The summed E-state index contributed by atoms with van der Waals surface area (Å²) in [6, 6.07) is 11.0. The van der Waals surface area contributed by atoms with Gasteiger partial charge in [0.25, 0.3) is 0 Å². The van der Waals surface area contributed by atoms with Gasteiger partial charge >= 0.3 is 0 Å². The second-order valence-electron chi connectivity index (χ2n) is 10.8. The lowest BCUT2D eigenvalue weighted by Crippen LogP contribution is -2.31. The highest BCUT2D eigenvalue weighted by atomic mass is 16.5. The molecular formula is C27H37NO2. The third-order valence-corrected chi connectivity index (χ3v) is 6.12. The number of nitrogens with one attached hydrogen (secondary N) is 1. The number of ether oxygens (including phenoxy) is 1. The number of anilines is 1. The first kappa shape index (κ1) is 22.4. The van der Waals surface area contributed by atoms with Crippen LogP contribution in [0, 0.1) is 19.3 Å². The van der Waals surface area contributed by atoms with E-state index in [0.29, 0.717) is 12.3 Å². The summed E-state index contributed by atoms with van der Waals surface area (Å²) in [5.74, 6) is 1.61. The van der Waals surface area contributed by atoms with E-state index in [1.165, 1.54) is 11.1 Å². The molecule has 30 heavy (non-hydrogen) atoms. The van der Waals surface area contributed by atoms with Gasteiger partial charge in [0.1, 0.15) is 11.4 Å². The Morgan fingerprint density at radius 1 is 1.13 bits per heavy atom. The number of hydrogen-bond donors (Lipinski definition) is 1. The molecule has 1 heterocycles. The van der Waals surface area contributed by atoms with Gasteiger partial charge < -0.3 is 10.1 Å². The van der Waals surface area contributed by atoms with E-state index in [9.17, 15) is 4.79 Å². The molecule has 3 nitrogen and oxygen atoms in total. The van der Waals surface area contributed by atoms with Gasteiger partial charge in [-0.05, 0) is 67.3 Å². The molecule has 1 atom stereocenters. The average molecular weight is 408 g/mol. The Labute approximate surface area is 182 Å². The summed E-state index contributed by atoms with van der Waals surface area (Å²) in [5.41, 5.74) is 6.43. The molecule has 1 N–H and O–H groups in total. The first-order valence-corrected chi connectivity index (χ1v) is 11.0. The van der Waals surface area contributed by atoms with Crippen LogP contribution in [0.1, 0.15) is 94.5 Å². The molecular weight excluding hydrogens is 370 g/mol. The van der Waals surface area contributed by atoms with E-state index in [4.69, 9.17) is 4.74 Å². The van der Waals surface area contributed by atoms with E-state index in [0.717, 1.165) is 28.1 Å². The van der Waals surface area contributed by atoms with Crippen molar-refractivity contribution < 1.29 is 9.53 Å². The quantitative estimate of drug-likeness (QED) is 0.587. The number of rotatable bonds is 4. The minimum absolute atomic E-state index is 0.0469. The summed E-state index contributed by atoms with van der Waals surface area (Å²) >= 11 is 0. The predicted octanol–water partition coefficient (Wildman–Crippen LogP) is 7.10. The first-order chi connectivity index (χ1) is 13.8. The maximum absolute atomic E-state index is 12.6. The lowest BCUT2D eigenvalue weighted by atomic mass is 9.79. The van der Waals surface area contributed by atoms with Gasteiger partial charge in [0.2, 0.25) is 5.91 Å². The molecule has 0 radical (unpaired) electrons. The molecule has 0 saturated heterocycles. The Hall–Kier alpha value is -2.29. The molecule has 162 valence electrons. The molecule has 0 saturated carbocycles. The smallest absolute Gasteiger partial charge is 0.224 e. The van der Waals surface area contributed by atoms with Crippen molar-refractivity contribution in [3.8, 4) is 5.75 Å². The first-order valence-electron chi connectivity index (χ1n) is 11.0. The number of fused-ring (bicyclic) bond motifs is 1. The Morgan fingerprint density at radius 2 is 1.80 bits per heavy atom. The van der Waals surface area contributed by atoms with Crippen LogP contribution in [0.5, 0.6) is 5.75 Å². The zero-order valence-corrected chi connectivity index (χ0v) is 20.1. The second kappa shape index (κ2) is 7.76. The fraction of sp³-hybridized carbons (Fsp3) is 0.519. The van der Waals surface area contributed by atoms with E-state index in [1.54, 1.807) is 0 Å². The lowest BCUT2D eigenvalue weighted by Gasteiger charge is -2.27. The summed E-state index contributed by atoms with van der Waals surface area (Å²) in [4.78, 5) is 12.6. The van der Waals surface area contributed by atoms with E-state index in [1.807, 2.05) is 0 Å². The van der Waals surface area contributed by atoms with Crippen molar-refractivity contribution in [1.82, 2.24) is 0 Å². The van der Waals surface area contributed by atoms with Crippen molar-refractivity contribution in [3.05, 3.63) is 58.1 Å². The van der Waals surface area contributed by atoms with E-state index >= 15 is 0 Å². The molecule has 0 aliphatic carbocycles. The van der Waals surface area contributed by atoms with Crippen molar-refractivity contribution in [2.45, 2.75) is 86.2 Å². The van der Waals surface area contributed by atoms with Crippen molar-refractivity contribution in [3.63, 3.8) is 0 Å². The zero-order valence-electron chi connectivity index (χ0n) is 20.1. The maximum atomic E-state index is 12.6. The van der Waals surface area contributed by atoms with Gasteiger partial charge in [0.15, 0.2) is 0 Å². The molecule has 2 aromatic carbocycles. The monoisotopic (exact) mass is 407 g/mol. The molecule has 0 spiro atoms. The highest BCUT2D eigenvalue weighted by molar-refractivity contribution is 5.92. The molecule has 0 aromatic heterocycles. The number of amides is 1. The van der Waals surface area contributed by atoms with Gasteiger partial charge in [-0.25, -0.2) is 0 Å². The number of hydrogen-bond acceptors (Lipinski definition) is 2. The summed E-state index contributed by atoms with van der Waals surface area (Å²) in [7, 11) is 0. The second-order valence-corrected chi connectivity index (χ2v) is 10.8. The minimum atomic E-state index is -0.358. The Bertz CT molecular complexity index is 964. The summed E-state index contributed by atoms with van der Waals surface area (Å²) < 4.78 is 6.50. The van der Waals surface area contributed by atoms with E-state index in [-0.39, 0.29) is 22.8 Å². The minimum Gasteiger partial charge on any atom is -0.486 e. The summed E-state index contributed by atoms with van der Waals surface area (Å²) in [6.07, 6.45) is 0.491. The highest BCUT2D eigenvalue weighted by Crippen LogP contribution is 2.51. The predicted molar refractivity (Wildman–Crippen MR) is 126 cm³/mol. The molecule has 1 aliphatic rings. The summed E-state index contributed by atoms with van der Waals surface area (Å²) in [5, 5.41) is 3.17. The van der Waals surface area contributed by atoms with Crippen molar-refractivity contribution in [1.29, 1.82) is 0 Å². The molecule has 1 amide bonds. The van der Waals surface area contributed by atoms with Crippen LogP contribution in [0.2, 0.25) is 0 Å². The van der Waals surface area contributed by atoms with Crippen molar-refractivity contribution in [2.24, 2.45) is 5.41 Å². The van der Waals surface area contributed by atoms with Crippen molar-refractivity contribution >= 4 is 11.6 Å². The fourth-order valence-electron chi connectivity index (χ4n) is 4.45. The van der Waals surface area contributed by atoms with Gasteiger partial charge in [-0.3, -0.25) is 4.79 Å². The van der Waals surface area contributed by atoms with Crippen LogP contribution in [0.25, 0.3) is 0 Å². The number of benzene rings is 2. The SMILES string of the molecule is Cc1c(NC(=O)CC(C)(C)C)cc2c(c1C)OC(C)(C)C2c1cccc(C(C)C)c1. The Morgan fingerprint density at radius 3 is 2.40 bits per heavy atom. The van der Waals surface area contributed by atoms with Crippen LogP contribution in [0.15, 0.2) is 30.3 Å². The number of carbonyl (C=O) groups excluding carboxylic acids is 1. The van der Waals surface area contributed by atoms with Gasteiger partial charge in [0, 0.05) is 17.7 Å². The molecule has 1 aliphatic heterocycles. The van der Waals surface area contributed by atoms with Gasteiger partial charge in [0.05, 0.1) is 5.92 Å². The van der Waals surface area contributed by atoms with E-state index < -0.39 is 0 Å². The van der Waals surface area contributed by atoms with Crippen LogP contribution >= 0.6 is 0 Å². The van der Waals surface area contributed by atoms with Crippen LogP contribution < -0.4 is 10.1 Å². The normalized spacial score (nSPS) is 17.6. The molecule has 2 aromatic rings. The van der Waals surface area contributed by atoms with Gasteiger partial charge in [-0.15, -0.1) is 0 Å². The largest absolute Gasteiger partial charge is 0.486 e. The molecule has 3 rings (SSSR count). The summed E-state index contributed by atoms with van der Waals surface area (Å²) in [6.45, 7) is 19.2. The van der Waals surface area contributed by atoms with Crippen molar-refractivity contribution in [2.75, 3.05) is 5.32 Å². The Kier molecular flexibility index (Phi) is 5.79. The lowest BCUT2D eigenvalue weighted by molar-refractivity contribution is -0.117. The van der Waals surface area contributed by atoms with Crippen LogP contribution in [0.4, 0.5) is 5.69 Å². The topological polar surface area (TPSA) is 38.3 Å². The molecule has 3 heteroatoms. The van der Waals surface area contributed by atoms with E-state index in [2.05, 4.69) is 98.0 Å². The number of carbonyl (C=O) groups is 1. The van der Waals surface area contributed by atoms with Crippen LogP contribution in [0.3, 0.4) is 0 Å². The molecule has 0 fully saturated rings. The highest BCUT2D eigenvalue weighted by Gasteiger charge is 2.43. The standard InChI is InChI=1S/C27H37NO2/c1-16(2)19-11-10-12-20(13-19)24-21-14-22(28-23(29)15-26(5,6)7)17(3)18(4)25(21)30-27(24,8)9/h10-14,16,24H,15H2,1-9H3,(H,28,29). The maximum Gasteiger partial charge on any atom is 0.224 e. The average Bonchev–Trinajstić information content (AvgIpc) is 2.88. The molecule has 1 unspecified atom stereocenters. The van der Waals surface area contributed by atoms with Gasteiger partial charge in [-0.1, -0.05) is 58.9 Å².